The number of pyridine rings is 1. The van der Waals surface area contributed by atoms with Crippen molar-refractivity contribution in [3.63, 3.8) is 0 Å². The Morgan fingerprint density at radius 1 is 1.31 bits per heavy atom. The SMILES string of the molecule is CNc1cncc(NCC(F)(F)C(F)F)c1. The van der Waals surface area contributed by atoms with Crippen molar-refractivity contribution in [3.05, 3.63) is 18.5 Å². The quantitative estimate of drug-likeness (QED) is 0.772. The summed E-state index contributed by atoms with van der Waals surface area (Å²) in [4.78, 5) is 3.74. The molecule has 2 N–H and O–H groups in total. The summed E-state index contributed by atoms with van der Waals surface area (Å²) >= 11 is 0. The van der Waals surface area contributed by atoms with E-state index in [1.54, 1.807) is 7.05 Å². The van der Waals surface area contributed by atoms with Crippen molar-refractivity contribution in [2.24, 2.45) is 0 Å². The lowest BCUT2D eigenvalue weighted by atomic mass is 10.3. The summed E-state index contributed by atoms with van der Waals surface area (Å²) < 4.78 is 48.8. The molecule has 0 unspecified atom stereocenters. The van der Waals surface area contributed by atoms with Gasteiger partial charge in [0.05, 0.1) is 30.3 Å². The Kier molecular flexibility index (Phi) is 3.92. The summed E-state index contributed by atoms with van der Waals surface area (Å²) in [6, 6.07) is 1.49. The van der Waals surface area contributed by atoms with Crippen LogP contribution in [0.4, 0.5) is 28.9 Å². The number of halogens is 4. The van der Waals surface area contributed by atoms with Gasteiger partial charge in [-0.1, -0.05) is 0 Å². The Hall–Kier alpha value is -1.53. The molecule has 1 aromatic heterocycles. The molecule has 0 amide bonds. The fourth-order valence-electron chi connectivity index (χ4n) is 0.970. The second kappa shape index (κ2) is 5.00. The molecule has 1 aromatic rings. The first kappa shape index (κ1) is 12.5. The molecule has 1 heterocycles. The van der Waals surface area contributed by atoms with Crippen molar-refractivity contribution in [2.75, 3.05) is 24.2 Å². The molecule has 90 valence electrons. The van der Waals surface area contributed by atoms with Crippen LogP contribution in [0.15, 0.2) is 18.5 Å². The van der Waals surface area contributed by atoms with Crippen LogP contribution in [-0.4, -0.2) is 30.9 Å². The average Bonchev–Trinajstić information content (AvgIpc) is 2.26. The maximum Gasteiger partial charge on any atom is 0.324 e. The molecular formula is C9H11F4N3. The number of nitrogens with one attached hydrogen (secondary N) is 2. The highest BCUT2D eigenvalue weighted by Crippen LogP contribution is 2.23. The van der Waals surface area contributed by atoms with Crippen LogP contribution in [-0.2, 0) is 0 Å². The largest absolute Gasteiger partial charge is 0.387 e. The zero-order chi connectivity index (χ0) is 12.2. The molecule has 16 heavy (non-hydrogen) atoms. The van der Waals surface area contributed by atoms with Crippen LogP contribution in [0, 0.1) is 0 Å². The van der Waals surface area contributed by atoms with Gasteiger partial charge in [-0.05, 0) is 6.07 Å². The summed E-state index contributed by atoms with van der Waals surface area (Å²) in [5.41, 5.74) is 0.859. The number of hydrogen-bond donors (Lipinski definition) is 2. The molecule has 0 fully saturated rings. The third-order valence-corrected chi connectivity index (χ3v) is 1.87. The minimum Gasteiger partial charge on any atom is -0.387 e. The van der Waals surface area contributed by atoms with E-state index in [2.05, 4.69) is 15.6 Å². The van der Waals surface area contributed by atoms with E-state index < -0.39 is 18.9 Å². The highest BCUT2D eigenvalue weighted by molar-refractivity contribution is 5.53. The average molecular weight is 237 g/mol. The zero-order valence-corrected chi connectivity index (χ0v) is 8.48. The van der Waals surface area contributed by atoms with Crippen molar-refractivity contribution in [3.8, 4) is 0 Å². The van der Waals surface area contributed by atoms with Crippen molar-refractivity contribution in [2.45, 2.75) is 12.3 Å². The van der Waals surface area contributed by atoms with Gasteiger partial charge in [0, 0.05) is 7.05 Å². The minimum atomic E-state index is -4.05. The van der Waals surface area contributed by atoms with Crippen LogP contribution in [0.25, 0.3) is 0 Å². The van der Waals surface area contributed by atoms with E-state index in [1.807, 2.05) is 0 Å². The van der Waals surface area contributed by atoms with Crippen LogP contribution >= 0.6 is 0 Å². The van der Waals surface area contributed by atoms with Crippen LogP contribution in [0.1, 0.15) is 0 Å². The van der Waals surface area contributed by atoms with Gasteiger partial charge in [-0.2, -0.15) is 8.78 Å². The molecule has 0 saturated carbocycles. The van der Waals surface area contributed by atoms with E-state index >= 15 is 0 Å². The molecule has 0 radical (unpaired) electrons. The van der Waals surface area contributed by atoms with Crippen molar-refractivity contribution < 1.29 is 17.6 Å². The van der Waals surface area contributed by atoms with Crippen molar-refractivity contribution in [1.82, 2.24) is 4.98 Å². The van der Waals surface area contributed by atoms with Gasteiger partial charge >= 0.3 is 12.3 Å². The number of hydrogen-bond acceptors (Lipinski definition) is 3. The lowest BCUT2D eigenvalue weighted by molar-refractivity contribution is -0.117. The summed E-state index contributed by atoms with van der Waals surface area (Å²) in [6.45, 7) is -1.13. The molecular weight excluding hydrogens is 226 g/mol. The maximum atomic E-state index is 12.6. The number of nitrogens with zero attached hydrogens (tertiary/aromatic N) is 1. The van der Waals surface area contributed by atoms with Gasteiger partial charge in [0.2, 0.25) is 0 Å². The van der Waals surface area contributed by atoms with Crippen LogP contribution < -0.4 is 10.6 Å². The van der Waals surface area contributed by atoms with Crippen molar-refractivity contribution in [1.29, 1.82) is 0 Å². The highest BCUT2D eigenvalue weighted by Gasteiger charge is 2.40. The van der Waals surface area contributed by atoms with Crippen LogP contribution in [0.5, 0.6) is 0 Å². The number of alkyl halides is 4. The smallest absolute Gasteiger partial charge is 0.324 e. The van der Waals surface area contributed by atoms with Gasteiger partial charge in [0.15, 0.2) is 0 Å². The summed E-state index contributed by atoms with van der Waals surface area (Å²) in [7, 11) is 1.63. The molecule has 0 aliphatic rings. The van der Waals surface area contributed by atoms with Crippen molar-refractivity contribution >= 4 is 11.4 Å². The molecule has 1 rings (SSSR count). The van der Waals surface area contributed by atoms with E-state index in [1.165, 1.54) is 18.5 Å². The first-order valence-electron chi connectivity index (χ1n) is 4.48. The molecule has 0 atom stereocenters. The van der Waals surface area contributed by atoms with Gasteiger partial charge < -0.3 is 10.6 Å². The molecule has 0 aliphatic heterocycles. The van der Waals surface area contributed by atoms with E-state index in [-0.39, 0.29) is 5.69 Å². The lowest BCUT2D eigenvalue weighted by Gasteiger charge is -2.16. The van der Waals surface area contributed by atoms with Crippen LogP contribution in [0.2, 0.25) is 0 Å². The fraction of sp³-hybridized carbons (Fsp3) is 0.444. The van der Waals surface area contributed by atoms with E-state index in [4.69, 9.17) is 0 Å². The standard InChI is InChI=1S/C9H11F4N3/c1-14-6-2-7(4-15-3-6)16-5-9(12,13)8(10)11/h2-4,8,14,16H,5H2,1H3. The number of aromatic nitrogens is 1. The number of rotatable bonds is 5. The monoisotopic (exact) mass is 237 g/mol. The van der Waals surface area contributed by atoms with Gasteiger partial charge in [0.25, 0.3) is 0 Å². The minimum absolute atomic E-state index is 0.257. The van der Waals surface area contributed by atoms with Gasteiger partial charge in [-0.25, -0.2) is 8.78 Å². The van der Waals surface area contributed by atoms with Gasteiger partial charge in [-0.15, -0.1) is 0 Å². The summed E-state index contributed by atoms with van der Waals surface area (Å²) in [5, 5.41) is 4.96. The first-order chi connectivity index (χ1) is 7.45. The van der Waals surface area contributed by atoms with Gasteiger partial charge in [-0.3, -0.25) is 4.98 Å². The van der Waals surface area contributed by atoms with E-state index in [0.29, 0.717) is 5.69 Å². The third-order valence-electron chi connectivity index (χ3n) is 1.87. The van der Waals surface area contributed by atoms with Crippen LogP contribution in [0.3, 0.4) is 0 Å². The predicted molar refractivity (Wildman–Crippen MR) is 53.2 cm³/mol. The second-order valence-electron chi connectivity index (χ2n) is 3.13. The predicted octanol–water partition coefficient (Wildman–Crippen LogP) is 2.44. The molecule has 0 saturated heterocycles. The Labute approximate surface area is 89.9 Å². The Bertz CT molecular complexity index is 343. The first-order valence-corrected chi connectivity index (χ1v) is 4.48. The van der Waals surface area contributed by atoms with E-state index in [9.17, 15) is 17.6 Å². The third kappa shape index (κ3) is 3.25. The normalized spacial score (nSPS) is 11.6. The molecule has 0 bridgehead atoms. The Morgan fingerprint density at radius 2 is 1.94 bits per heavy atom. The van der Waals surface area contributed by atoms with Gasteiger partial charge in [0.1, 0.15) is 0 Å². The Balaban J connectivity index is 2.60. The lowest BCUT2D eigenvalue weighted by Crippen LogP contribution is -2.34. The molecule has 0 aliphatic carbocycles. The summed E-state index contributed by atoms with van der Waals surface area (Å²) in [5.74, 6) is -4.05. The van der Waals surface area contributed by atoms with E-state index in [0.717, 1.165) is 0 Å². The fourth-order valence-corrected chi connectivity index (χ4v) is 0.970. The maximum absolute atomic E-state index is 12.6. The molecule has 7 heteroatoms. The topological polar surface area (TPSA) is 37.0 Å². The summed E-state index contributed by atoms with van der Waals surface area (Å²) in [6.07, 6.45) is -0.917. The zero-order valence-electron chi connectivity index (χ0n) is 8.48. The molecule has 0 aromatic carbocycles. The second-order valence-corrected chi connectivity index (χ2v) is 3.13. The Morgan fingerprint density at radius 3 is 2.50 bits per heavy atom. The highest BCUT2D eigenvalue weighted by atomic mass is 19.3. The molecule has 3 nitrogen and oxygen atoms in total. The molecule has 0 spiro atoms. The number of anilines is 2.